The van der Waals surface area contributed by atoms with Crippen molar-refractivity contribution in [3.8, 4) is 0 Å². The van der Waals surface area contributed by atoms with Crippen molar-refractivity contribution in [2.45, 2.75) is 84.7 Å². The predicted octanol–water partition coefficient (Wildman–Crippen LogP) is 5.05. The predicted molar refractivity (Wildman–Crippen MR) is 138 cm³/mol. The van der Waals surface area contributed by atoms with Crippen molar-refractivity contribution in [2.75, 3.05) is 11.9 Å². The molecule has 2 atom stereocenters. The van der Waals surface area contributed by atoms with Gasteiger partial charge in [-0.25, -0.2) is 4.79 Å². The number of hydrogen-bond donors (Lipinski definition) is 3. The van der Waals surface area contributed by atoms with E-state index in [0.717, 1.165) is 37.9 Å². The van der Waals surface area contributed by atoms with Gasteiger partial charge in [0.1, 0.15) is 5.82 Å². The highest BCUT2D eigenvalue weighted by Crippen LogP contribution is 2.22. The Balaban J connectivity index is 1.54. The van der Waals surface area contributed by atoms with Crippen LogP contribution in [0.2, 0.25) is 0 Å². The molecule has 1 aliphatic heterocycles. The first-order chi connectivity index (χ1) is 16.0. The molecular formula is C27H40N4O2. The normalized spacial score (nSPS) is 17.9. The highest BCUT2D eigenvalue weighted by Gasteiger charge is 2.20. The Morgan fingerprint density at radius 1 is 1.06 bits per heavy atom. The molecule has 0 amide bonds. The van der Waals surface area contributed by atoms with Crippen LogP contribution >= 0.6 is 0 Å². The number of H-pyrrole nitrogens is 1. The highest BCUT2D eigenvalue weighted by atomic mass is 16.2. The standard InChI is InChI=1S/C27H40N4O2/c1-4-6-7-11-22-12-10-16-28-24(22)13-8-9-17-31-26(32)19-25(30-27(31)33)29-23-15-14-20(3)21(5-2)18-23/h10,12,14-15,18-19,22,24,28-29H,4-9,11,13,16-17H2,1-3H3,(H,30,33). The molecule has 6 nitrogen and oxygen atoms in total. The van der Waals surface area contributed by atoms with Crippen molar-refractivity contribution in [1.82, 2.24) is 14.9 Å². The number of anilines is 2. The monoisotopic (exact) mass is 452 g/mol. The van der Waals surface area contributed by atoms with Crippen LogP contribution in [-0.2, 0) is 13.0 Å². The van der Waals surface area contributed by atoms with Crippen LogP contribution in [0.1, 0.15) is 69.9 Å². The molecule has 2 heterocycles. The van der Waals surface area contributed by atoms with Crippen LogP contribution in [0.4, 0.5) is 11.5 Å². The minimum absolute atomic E-state index is 0.264. The van der Waals surface area contributed by atoms with Crippen molar-refractivity contribution in [2.24, 2.45) is 5.92 Å². The van der Waals surface area contributed by atoms with Gasteiger partial charge in [-0.2, -0.15) is 0 Å². The molecule has 2 unspecified atom stereocenters. The minimum Gasteiger partial charge on any atom is -0.342 e. The molecule has 1 aliphatic rings. The maximum atomic E-state index is 12.6. The van der Waals surface area contributed by atoms with E-state index in [1.807, 2.05) is 12.1 Å². The van der Waals surface area contributed by atoms with Crippen molar-refractivity contribution in [3.05, 3.63) is 68.4 Å². The average molecular weight is 453 g/mol. The van der Waals surface area contributed by atoms with Crippen LogP contribution < -0.4 is 21.9 Å². The highest BCUT2D eigenvalue weighted by molar-refractivity contribution is 5.57. The molecule has 3 rings (SSSR count). The van der Waals surface area contributed by atoms with Crippen LogP contribution in [0.3, 0.4) is 0 Å². The number of nitrogens with zero attached hydrogens (tertiary/aromatic N) is 1. The fraction of sp³-hybridized carbons (Fsp3) is 0.556. The lowest BCUT2D eigenvalue weighted by Gasteiger charge is -2.29. The van der Waals surface area contributed by atoms with E-state index in [1.54, 1.807) is 0 Å². The summed E-state index contributed by atoms with van der Waals surface area (Å²) in [5.74, 6) is 1.03. The van der Waals surface area contributed by atoms with Crippen LogP contribution in [-0.4, -0.2) is 22.1 Å². The zero-order valence-electron chi connectivity index (χ0n) is 20.5. The van der Waals surface area contributed by atoms with E-state index in [4.69, 9.17) is 0 Å². The van der Waals surface area contributed by atoms with E-state index in [1.165, 1.54) is 47.4 Å². The Morgan fingerprint density at radius 3 is 2.64 bits per heavy atom. The molecule has 0 radical (unpaired) electrons. The van der Waals surface area contributed by atoms with Gasteiger partial charge in [0, 0.05) is 30.9 Å². The Labute approximate surface area is 197 Å². The van der Waals surface area contributed by atoms with Crippen molar-refractivity contribution >= 4 is 11.5 Å². The lowest BCUT2D eigenvalue weighted by Crippen LogP contribution is -2.39. The summed E-state index contributed by atoms with van der Waals surface area (Å²) in [5.41, 5.74) is 2.72. The lowest BCUT2D eigenvalue weighted by molar-refractivity contribution is 0.344. The zero-order chi connectivity index (χ0) is 23.6. The van der Waals surface area contributed by atoms with Gasteiger partial charge in [0.05, 0.1) is 0 Å². The van der Waals surface area contributed by atoms with Gasteiger partial charge in [-0.3, -0.25) is 14.3 Å². The maximum absolute atomic E-state index is 12.6. The van der Waals surface area contributed by atoms with Gasteiger partial charge in [0.15, 0.2) is 0 Å². The van der Waals surface area contributed by atoms with E-state index < -0.39 is 0 Å². The van der Waals surface area contributed by atoms with E-state index in [9.17, 15) is 9.59 Å². The Kier molecular flexibility index (Phi) is 9.55. The smallest absolute Gasteiger partial charge is 0.329 e. The van der Waals surface area contributed by atoms with E-state index in [2.05, 4.69) is 54.6 Å². The van der Waals surface area contributed by atoms with Crippen LogP contribution in [0.5, 0.6) is 0 Å². The molecule has 0 saturated heterocycles. The van der Waals surface area contributed by atoms with Gasteiger partial charge in [0.2, 0.25) is 0 Å². The first kappa shape index (κ1) is 25.0. The summed E-state index contributed by atoms with van der Waals surface area (Å²) in [6.07, 6.45) is 13.5. The molecule has 0 spiro atoms. The summed E-state index contributed by atoms with van der Waals surface area (Å²) in [5, 5.41) is 6.80. The van der Waals surface area contributed by atoms with Crippen LogP contribution in [0.15, 0.2) is 46.0 Å². The zero-order valence-corrected chi connectivity index (χ0v) is 20.5. The molecule has 180 valence electrons. The summed E-state index contributed by atoms with van der Waals surface area (Å²) in [7, 11) is 0. The topological polar surface area (TPSA) is 78.9 Å². The third kappa shape index (κ3) is 7.19. The molecule has 0 fully saturated rings. The molecule has 2 aromatic rings. The van der Waals surface area contributed by atoms with E-state index >= 15 is 0 Å². The summed E-state index contributed by atoms with van der Waals surface area (Å²) in [6.45, 7) is 7.82. The molecular weight excluding hydrogens is 412 g/mol. The fourth-order valence-electron chi connectivity index (χ4n) is 4.71. The molecule has 0 aliphatic carbocycles. The number of benzene rings is 1. The largest absolute Gasteiger partial charge is 0.342 e. The SMILES string of the molecule is CCCCCC1C=CCNC1CCCCn1c(=O)cc(Nc2ccc(C)c(CC)c2)[nH]c1=O. The molecule has 0 bridgehead atoms. The molecule has 1 aromatic carbocycles. The number of rotatable bonds is 12. The van der Waals surface area contributed by atoms with Gasteiger partial charge < -0.3 is 10.6 Å². The molecule has 3 N–H and O–H groups in total. The second-order valence-electron chi connectivity index (χ2n) is 9.20. The number of aryl methyl sites for hydroxylation is 2. The Hall–Kier alpha value is -2.60. The Morgan fingerprint density at radius 2 is 1.88 bits per heavy atom. The third-order valence-electron chi connectivity index (χ3n) is 6.72. The molecule has 1 aromatic heterocycles. The van der Waals surface area contributed by atoms with E-state index in [-0.39, 0.29) is 11.2 Å². The molecule has 6 heteroatoms. The quantitative estimate of drug-likeness (QED) is 0.311. The van der Waals surface area contributed by atoms with Crippen molar-refractivity contribution < 1.29 is 0 Å². The number of aromatic nitrogens is 2. The van der Waals surface area contributed by atoms with Crippen molar-refractivity contribution in [3.63, 3.8) is 0 Å². The van der Waals surface area contributed by atoms with Crippen molar-refractivity contribution in [1.29, 1.82) is 0 Å². The van der Waals surface area contributed by atoms with Gasteiger partial charge in [-0.1, -0.05) is 57.7 Å². The summed E-state index contributed by atoms with van der Waals surface area (Å²) in [6, 6.07) is 8.04. The van der Waals surface area contributed by atoms with Crippen LogP contribution in [0.25, 0.3) is 0 Å². The summed E-state index contributed by atoms with van der Waals surface area (Å²) in [4.78, 5) is 28.0. The number of unbranched alkanes of at least 4 members (excludes halogenated alkanes) is 3. The van der Waals surface area contributed by atoms with Gasteiger partial charge in [-0.15, -0.1) is 0 Å². The first-order valence-electron chi connectivity index (χ1n) is 12.6. The summed E-state index contributed by atoms with van der Waals surface area (Å²) < 4.78 is 1.31. The van der Waals surface area contributed by atoms with Gasteiger partial charge in [0.25, 0.3) is 5.56 Å². The number of nitrogens with one attached hydrogen (secondary N) is 3. The number of hydrogen-bond acceptors (Lipinski definition) is 4. The molecule has 33 heavy (non-hydrogen) atoms. The van der Waals surface area contributed by atoms with Crippen LogP contribution in [0, 0.1) is 12.8 Å². The summed E-state index contributed by atoms with van der Waals surface area (Å²) >= 11 is 0. The second-order valence-corrected chi connectivity index (χ2v) is 9.20. The molecule has 0 saturated carbocycles. The Bertz CT molecular complexity index is 1010. The minimum atomic E-state index is -0.357. The third-order valence-corrected chi connectivity index (χ3v) is 6.72. The first-order valence-corrected chi connectivity index (χ1v) is 12.6. The van der Waals surface area contributed by atoms with Gasteiger partial charge in [-0.05, 0) is 61.8 Å². The fourth-order valence-corrected chi connectivity index (χ4v) is 4.71. The van der Waals surface area contributed by atoms with Gasteiger partial charge >= 0.3 is 5.69 Å². The average Bonchev–Trinajstić information content (AvgIpc) is 2.80. The second kappa shape index (κ2) is 12.6. The van der Waals surface area contributed by atoms with E-state index in [0.29, 0.717) is 24.3 Å². The number of aromatic amines is 1. The maximum Gasteiger partial charge on any atom is 0.329 e. The lowest BCUT2D eigenvalue weighted by atomic mass is 9.88.